The van der Waals surface area contributed by atoms with Crippen LogP contribution in [0.5, 0.6) is 0 Å². The average molecular weight is 573 g/mol. The minimum atomic E-state index is -0.577. The van der Waals surface area contributed by atoms with Crippen LogP contribution in [0.2, 0.25) is 0 Å². The predicted octanol–water partition coefficient (Wildman–Crippen LogP) is 10.5. The minimum absolute atomic E-state index is 0.577. The third-order valence-electron chi connectivity index (χ3n) is 9.38. The number of benzene rings is 6. The summed E-state index contributed by atoms with van der Waals surface area (Å²) >= 11 is 0. The van der Waals surface area contributed by atoms with Gasteiger partial charge in [-0.15, -0.1) is 0 Å². The SMILES string of the molecule is c1ccc(-c2ccc3c(n2)-c2c(cc(-c4ccc5ccccc5c4)c4cccnc24)C3(c2ccccc2)c2ccccc2)cc1. The Morgan fingerprint density at radius 1 is 0.467 bits per heavy atom. The van der Waals surface area contributed by atoms with E-state index in [-0.39, 0.29) is 0 Å². The van der Waals surface area contributed by atoms with Crippen molar-refractivity contribution >= 4 is 21.7 Å². The second-order valence-electron chi connectivity index (χ2n) is 11.7. The van der Waals surface area contributed by atoms with Crippen molar-refractivity contribution in [1.82, 2.24) is 9.97 Å². The topological polar surface area (TPSA) is 25.8 Å². The summed E-state index contributed by atoms with van der Waals surface area (Å²) in [5.41, 5.74) is 11.7. The molecule has 2 heteroatoms. The molecule has 210 valence electrons. The Bertz CT molecular complexity index is 2320. The van der Waals surface area contributed by atoms with Crippen LogP contribution in [0.15, 0.2) is 170 Å². The molecule has 0 unspecified atom stereocenters. The fourth-order valence-corrected chi connectivity index (χ4v) is 7.41. The summed E-state index contributed by atoms with van der Waals surface area (Å²) in [6.45, 7) is 0. The Hall–Kier alpha value is -5.86. The lowest BCUT2D eigenvalue weighted by Crippen LogP contribution is -2.28. The molecule has 9 rings (SSSR count). The summed E-state index contributed by atoms with van der Waals surface area (Å²) in [6.07, 6.45) is 1.92. The number of hydrogen-bond donors (Lipinski definition) is 0. The third kappa shape index (κ3) is 3.82. The molecule has 0 atom stereocenters. The first kappa shape index (κ1) is 25.6. The van der Waals surface area contributed by atoms with Crippen LogP contribution in [0, 0.1) is 0 Å². The van der Waals surface area contributed by atoms with Crippen molar-refractivity contribution in [3.8, 4) is 33.6 Å². The van der Waals surface area contributed by atoms with Crippen molar-refractivity contribution in [2.75, 3.05) is 0 Å². The van der Waals surface area contributed by atoms with Crippen molar-refractivity contribution in [3.63, 3.8) is 0 Å². The fraction of sp³-hybridized carbons (Fsp3) is 0.0233. The lowest BCUT2D eigenvalue weighted by molar-refractivity contribution is 0.767. The molecule has 0 amide bonds. The highest BCUT2D eigenvalue weighted by molar-refractivity contribution is 6.08. The highest BCUT2D eigenvalue weighted by Gasteiger charge is 2.48. The number of pyridine rings is 2. The van der Waals surface area contributed by atoms with Crippen LogP contribution in [0.4, 0.5) is 0 Å². The van der Waals surface area contributed by atoms with Gasteiger partial charge in [0.2, 0.25) is 0 Å². The number of hydrogen-bond acceptors (Lipinski definition) is 2. The lowest BCUT2D eigenvalue weighted by atomic mass is 9.67. The van der Waals surface area contributed by atoms with Crippen molar-refractivity contribution in [2.24, 2.45) is 0 Å². The number of fused-ring (bicyclic) bond motifs is 6. The molecule has 1 aliphatic carbocycles. The van der Waals surface area contributed by atoms with Gasteiger partial charge in [-0.3, -0.25) is 4.98 Å². The Labute approximate surface area is 262 Å². The van der Waals surface area contributed by atoms with Gasteiger partial charge in [0.15, 0.2) is 0 Å². The molecule has 1 aliphatic rings. The first-order chi connectivity index (χ1) is 22.3. The Balaban J connectivity index is 1.45. The van der Waals surface area contributed by atoms with Gasteiger partial charge in [-0.2, -0.15) is 0 Å². The van der Waals surface area contributed by atoms with Crippen LogP contribution in [0.3, 0.4) is 0 Å². The van der Waals surface area contributed by atoms with Gasteiger partial charge in [0.05, 0.1) is 22.3 Å². The van der Waals surface area contributed by atoms with E-state index in [0.29, 0.717) is 0 Å². The summed E-state index contributed by atoms with van der Waals surface area (Å²) in [6, 6.07) is 58.8. The smallest absolute Gasteiger partial charge is 0.0805 e. The zero-order chi connectivity index (χ0) is 29.8. The summed E-state index contributed by atoms with van der Waals surface area (Å²) in [7, 11) is 0. The van der Waals surface area contributed by atoms with Gasteiger partial charge in [-0.25, -0.2) is 4.98 Å². The van der Waals surface area contributed by atoms with Gasteiger partial charge >= 0.3 is 0 Å². The molecule has 2 nitrogen and oxygen atoms in total. The van der Waals surface area contributed by atoms with E-state index in [1.54, 1.807) is 0 Å². The highest BCUT2D eigenvalue weighted by Crippen LogP contribution is 2.58. The van der Waals surface area contributed by atoms with Crippen molar-refractivity contribution in [3.05, 3.63) is 192 Å². The van der Waals surface area contributed by atoms with Gasteiger partial charge in [0, 0.05) is 22.7 Å². The minimum Gasteiger partial charge on any atom is -0.256 e. The Morgan fingerprint density at radius 2 is 1.13 bits per heavy atom. The maximum absolute atomic E-state index is 5.46. The molecule has 0 spiro atoms. The van der Waals surface area contributed by atoms with Crippen molar-refractivity contribution in [1.29, 1.82) is 0 Å². The highest BCUT2D eigenvalue weighted by atomic mass is 14.8. The standard InChI is InChI=1S/C43H28N2/c1-4-14-30(15-5-1)39-25-24-37-42(45-39)40-38(43(37,33-17-6-2-7-18-33)34-19-8-3-9-20-34)28-36(35-21-12-26-44-41(35)40)32-23-22-29-13-10-11-16-31(29)27-32/h1-28H. The molecule has 0 aliphatic heterocycles. The second-order valence-corrected chi connectivity index (χ2v) is 11.7. The van der Waals surface area contributed by atoms with E-state index in [4.69, 9.17) is 9.97 Å². The van der Waals surface area contributed by atoms with Crippen molar-refractivity contribution in [2.45, 2.75) is 5.41 Å². The second kappa shape index (κ2) is 10.1. The number of aromatic nitrogens is 2. The summed E-state index contributed by atoms with van der Waals surface area (Å²) < 4.78 is 0. The van der Waals surface area contributed by atoms with E-state index in [2.05, 4.69) is 152 Å². The van der Waals surface area contributed by atoms with Crippen LogP contribution in [0.1, 0.15) is 22.3 Å². The number of rotatable bonds is 4. The average Bonchev–Trinajstić information content (AvgIpc) is 3.42. The van der Waals surface area contributed by atoms with Gasteiger partial charge < -0.3 is 0 Å². The largest absolute Gasteiger partial charge is 0.256 e. The molecule has 8 aromatic rings. The Kier molecular flexibility index (Phi) is 5.76. The normalized spacial score (nSPS) is 13.1. The maximum atomic E-state index is 5.46. The molecule has 0 radical (unpaired) electrons. The van der Waals surface area contributed by atoms with E-state index >= 15 is 0 Å². The van der Waals surface area contributed by atoms with E-state index in [0.717, 1.165) is 33.4 Å². The summed E-state index contributed by atoms with van der Waals surface area (Å²) in [5.74, 6) is 0. The lowest BCUT2D eigenvalue weighted by Gasteiger charge is -2.34. The molecule has 6 aromatic carbocycles. The fourth-order valence-electron chi connectivity index (χ4n) is 7.41. The molecule has 0 saturated carbocycles. The predicted molar refractivity (Wildman–Crippen MR) is 185 cm³/mol. The van der Waals surface area contributed by atoms with Gasteiger partial charge in [-0.05, 0) is 68.4 Å². The molecule has 0 saturated heterocycles. The van der Waals surface area contributed by atoms with Crippen molar-refractivity contribution < 1.29 is 0 Å². The summed E-state index contributed by atoms with van der Waals surface area (Å²) in [4.78, 5) is 10.6. The van der Waals surface area contributed by atoms with E-state index < -0.39 is 5.41 Å². The van der Waals surface area contributed by atoms with Crippen LogP contribution >= 0.6 is 0 Å². The van der Waals surface area contributed by atoms with E-state index in [9.17, 15) is 0 Å². The van der Waals surface area contributed by atoms with Crippen LogP contribution in [0.25, 0.3) is 55.3 Å². The molecule has 45 heavy (non-hydrogen) atoms. The summed E-state index contributed by atoms with van der Waals surface area (Å²) in [5, 5.41) is 3.58. The molecule has 2 heterocycles. The Morgan fingerprint density at radius 3 is 1.87 bits per heavy atom. The molecule has 0 N–H and O–H groups in total. The molecular weight excluding hydrogens is 544 g/mol. The van der Waals surface area contributed by atoms with E-state index in [1.807, 2.05) is 18.3 Å². The number of nitrogens with zero attached hydrogens (tertiary/aromatic N) is 2. The molecule has 0 bridgehead atoms. The zero-order valence-electron chi connectivity index (χ0n) is 24.6. The van der Waals surface area contributed by atoms with Gasteiger partial charge in [0.1, 0.15) is 0 Å². The van der Waals surface area contributed by atoms with Gasteiger partial charge in [-0.1, -0.05) is 140 Å². The van der Waals surface area contributed by atoms with E-state index in [1.165, 1.54) is 44.2 Å². The maximum Gasteiger partial charge on any atom is 0.0805 e. The molecule has 0 fully saturated rings. The quantitative estimate of drug-likeness (QED) is 0.210. The third-order valence-corrected chi connectivity index (χ3v) is 9.38. The van der Waals surface area contributed by atoms with Crippen LogP contribution in [-0.4, -0.2) is 9.97 Å². The van der Waals surface area contributed by atoms with Crippen LogP contribution in [-0.2, 0) is 5.41 Å². The van der Waals surface area contributed by atoms with Gasteiger partial charge in [0.25, 0.3) is 0 Å². The molecular formula is C43H28N2. The molecule has 2 aromatic heterocycles. The first-order valence-electron chi connectivity index (χ1n) is 15.4. The zero-order valence-corrected chi connectivity index (χ0v) is 24.6. The van der Waals surface area contributed by atoms with Crippen LogP contribution < -0.4 is 0 Å². The monoisotopic (exact) mass is 572 g/mol. The first-order valence-corrected chi connectivity index (χ1v) is 15.4.